The normalized spacial score (nSPS) is 14.0. The number of nitrogens with zero attached hydrogens (tertiary/aromatic N) is 4. The maximum Gasteiger partial charge on any atom is 0.304 e. The Bertz CT molecular complexity index is 1520. The van der Waals surface area contributed by atoms with E-state index in [4.69, 9.17) is 0 Å². The molecule has 0 aliphatic carbocycles. The minimum atomic E-state index is -0.855. The van der Waals surface area contributed by atoms with E-state index < -0.39 is 5.97 Å². The number of hydrogen-bond acceptors (Lipinski definition) is 4. The largest absolute Gasteiger partial charge is 0.481 e. The van der Waals surface area contributed by atoms with Gasteiger partial charge in [-0.2, -0.15) is 0 Å². The van der Waals surface area contributed by atoms with Crippen LogP contribution in [0.25, 0.3) is 11.0 Å². The number of fused-ring (bicyclic) bond motifs is 2. The quantitative estimate of drug-likeness (QED) is 0.397. The molecule has 1 N–H and O–H groups in total. The van der Waals surface area contributed by atoms with E-state index in [1.807, 2.05) is 73.7 Å². The molecule has 37 heavy (non-hydrogen) atoms. The average Bonchev–Trinajstić information content (AvgIpc) is 3.32. The van der Waals surface area contributed by atoms with Crippen LogP contribution in [0.4, 0.5) is 0 Å². The van der Waals surface area contributed by atoms with Gasteiger partial charge in [-0.05, 0) is 79.6 Å². The van der Waals surface area contributed by atoms with Crippen molar-refractivity contribution < 1.29 is 14.7 Å². The Morgan fingerprint density at radius 1 is 1.03 bits per heavy atom. The minimum Gasteiger partial charge on any atom is -0.481 e. The van der Waals surface area contributed by atoms with Crippen LogP contribution in [0.1, 0.15) is 68.6 Å². The van der Waals surface area contributed by atoms with Gasteiger partial charge in [-0.3, -0.25) is 9.59 Å². The molecule has 7 nitrogen and oxygen atoms in total. The van der Waals surface area contributed by atoms with E-state index in [-0.39, 0.29) is 18.2 Å². The van der Waals surface area contributed by atoms with Crippen LogP contribution in [0.3, 0.4) is 0 Å². The Balaban J connectivity index is 1.50. The first kappa shape index (κ1) is 24.7. The molecule has 0 radical (unpaired) electrons. The summed E-state index contributed by atoms with van der Waals surface area (Å²) in [7, 11) is 0. The zero-order valence-electron chi connectivity index (χ0n) is 21.8. The van der Waals surface area contributed by atoms with Crippen molar-refractivity contribution in [1.29, 1.82) is 0 Å². The van der Waals surface area contributed by atoms with Gasteiger partial charge in [0.1, 0.15) is 5.52 Å². The highest BCUT2D eigenvalue weighted by molar-refractivity contribution is 5.96. The van der Waals surface area contributed by atoms with Gasteiger partial charge in [0.2, 0.25) is 0 Å². The SMILES string of the molecule is CCn1nnc2c(C)c([C@@H](CC(=O)O)c3ccc4c(c3)CN(C(=O)c3cc(C)ccc3C)CC4)ccc21. The van der Waals surface area contributed by atoms with Crippen LogP contribution in [-0.2, 0) is 24.3 Å². The maximum atomic E-state index is 13.4. The van der Waals surface area contributed by atoms with Gasteiger partial charge in [0, 0.05) is 31.1 Å². The predicted molar refractivity (Wildman–Crippen MR) is 143 cm³/mol. The van der Waals surface area contributed by atoms with Gasteiger partial charge in [-0.25, -0.2) is 4.68 Å². The van der Waals surface area contributed by atoms with Gasteiger partial charge in [0.15, 0.2) is 0 Å². The van der Waals surface area contributed by atoms with Crippen LogP contribution in [0.2, 0.25) is 0 Å². The van der Waals surface area contributed by atoms with E-state index in [0.717, 1.165) is 62.9 Å². The van der Waals surface area contributed by atoms with E-state index in [1.54, 1.807) is 0 Å². The summed E-state index contributed by atoms with van der Waals surface area (Å²) >= 11 is 0. The molecule has 1 aromatic heterocycles. The molecule has 0 bridgehead atoms. The van der Waals surface area contributed by atoms with Crippen molar-refractivity contribution in [2.24, 2.45) is 0 Å². The molecule has 190 valence electrons. The van der Waals surface area contributed by atoms with E-state index in [1.165, 1.54) is 5.56 Å². The van der Waals surface area contributed by atoms with Gasteiger partial charge < -0.3 is 10.0 Å². The first-order valence-corrected chi connectivity index (χ1v) is 12.8. The summed E-state index contributed by atoms with van der Waals surface area (Å²) in [6.07, 6.45) is 0.749. The molecule has 1 atom stereocenters. The number of hydrogen-bond donors (Lipinski definition) is 1. The third kappa shape index (κ3) is 4.61. The fourth-order valence-corrected chi connectivity index (χ4v) is 5.48. The van der Waals surface area contributed by atoms with E-state index in [0.29, 0.717) is 13.1 Å². The molecule has 0 saturated carbocycles. The number of aromatic nitrogens is 3. The van der Waals surface area contributed by atoms with Crippen molar-refractivity contribution in [3.8, 4) is 0 Å². The Labute approximate surface area is 216 Å². The molecular formula is C30H32N4O3. The molecule has 5 rings (SSSR count). The number of carbonyl (C=O) groups excluding carboxylic acids is 1. The minimum absolute atomic E-state index is 0.0296. The Hall–Kier alpha value is -4.00. The molecule has 1 aliphatic rings. The summed E-state index contributed by atoms with van der Waals surface area (Å²) in [6.45, 7) is 9.88. The second-order valence-electron chi connectivity index (χ2n) is 10.0. The molecule has 2 heterocycles. The second-order valence-corrected chi connectivity index (χ2v) is 10.0. The van der Waals surface area contributed by atoms with Crippen molar-refractivity contribution in [1.82, 2.24) is 19.9 Å². The number of carbonyl (C=O) groups is 2. The highest BCUT2D eigenvalue weighted by atomic mass is 16.4. The fraction of sp³-hybridized carbons (Fsp3) is 0.333. The summed E-state index contributed by atoms with van der Waals surface area (Å²) in [5.41, 5.74) is 9.65. The highest BCUT2D eigenvalue weighted by Crippen LogP contribution is 2.35. The summed E-state index contributed by atoms with van der Waals surface area (Å²) in [6, 6.07) is 16.2. The van der Waals surface area contributed by atoms with E-state index in [2.05, 4.69) is 22.4 Å². The average molecular weight is 497 g/mol. The second kappa shape index (κ2) is 9.81. The monoisotopic (exact) mass is 496 g/mol. The van der Waals surface area contributed by atoms with Crippen LogP contribution >= 0.6 is 0 Å². The third-order valence-corrected chi connectivity index (χ3v) is 7.59. The first-order chi connectivity index (χ1) is 17.8. The van der Waals surface area contributed by atoms with Gasteiger partial charge >= 0.3 is 5.97 Å². The molecule has 1 amide bonds. The van der Waals surface area contributed by atoms with Crippen LogP contribution in [-0.4, -0.2) is 43.4 Å². The molecule has 7 heteroatoms. The topological polar surface area (TPSA) is 88.3 Å². The maximum absolute atomic E-state index is 13.4. The number of amides is 1. The van der Waals surface area contributed by atoms with Gasteiger partial charge in [-0.1, -0.05) is 47.2 Å². The van der Waals surface area contributed by atoms with Crippen LogP contribution in [0.5, 0.6) is 0 Å². The van der Waals surface area contributed by atoms with Crippen LogP contribution < -0.4 is 0 Å². The molecule has 0 spiro atoms. The van der Waals surface area contributed by atoms with Crippen molar-refractivity contribution in [3.05, 3.63) is 93.0 Å². The van der Waals surface area contributed by atoms with Crippen molar-refractivity contribution in [2.45, 2.75) is 59.5 Å². The number of aliphatic carboxylic acids is 1. The number of carboxylic acid groups (broad SMARTS) is 1. The van der Waals surface area contributed by atoms with Crippen molar-refractivity contribution in [3.63, 3.8) is 0 Å². The lowest BCUT2D eigenvalue weighted by Crippen LogP contribution is -2.36. The fourth-order valence-electron chi connectivity index (χ4n) is 5.48. The van der Waals surface area contributed by atoms with Crippen molar-refractivity contribution >= 4 is 22.9 Å². The molecule has 0 saturated heterocycles. The molecule has 3 aromatic carbocycles. The zero-order chi connectivity index (χ0) is 26.3. The summed E-state index contributed by atoms with van der Waals surface area (Å²) < 4.78 is 1.85. The van der Waals surface area contributed by atoms with Gasteiger partial charge in [-0.15, -0.1) is 5.10 Å². The summed E-state index contributed by atoms with van der Waals surface area (Å²) in [5, 5.41) is 18.4. The molecule has 4 aromatic rings. The van der Waals surface area contributed by atoms with E-state index >= 15 is 0 Å². The summed E-state index contributed by atoms with van der Waals surface area (Å²) in [5.74, 6) is -1.14. The molecule has 0 unspecified atom stereocenters. The van der Waals surface area contributed by atoms with Crippen LogP contribution in [0.15, 0.2) is 48.5 Å². The third-order valence-electron chi connectivity index (χ3n) is 7.59. The Kier molecular flexibility index (Phi) is 6.54. The number of carboxylic acids is 1. The molecule has 0 fully saturated rings. The summed E-state index contributed by atoms with van der Waals surface area (Å²) in [4.78, 5) is 27.2. The van der Waals surface area contributed by atoms with E-state index in [9.17, 15) is 14.7 Å². The highest BCUT2D eigenvalue weighted by Gasteiger charge is 2.26. The predicted octanol–water partition coefficient (Wildman–Crippen LogP) is 5.18. The lowest BCUT2D eigenvalue weighted by Gasteiger charge is -2.30. The number of aryl methyl sites for hydroxylation is 4. The van der Waals surface area contributed by atoms with Gasteiger partial charge in [0.05, 0.1) is 11.9 Å². The van der Waals surface area contributed by atoms with Crippen LogP contribution in [0, 0.1) is 20.8 Å². The lowest BCUT2D eigenvalue weighted by molar-refractivity contribution is -0.137. The van der Waals surface area contributed by atoms with Gasteiger partial charge in [0.25, 0.3) is 5.91 Å². The molecular weight excluding hydrogens is 464 g/mol. The Morgan fingerprint density at radius 2 is 1.84 bits per heavy atom. The molecule has 1 aliphatic heterocycles. The zero-order valence-corrected chi connectivity index (χ0v) is 21.8. The first-order valence-electron chi connectivity index (χ1n) is 12.8. The smallest absolute Gasteiger partial charge is 0.304 e. The number of benzene rings is 3. The Morgan fingerprint density at radius 3 is 2.59 bits per heavy atom. The lowest BCUT2D eigenvalue weighted by atomic mass is 9.83. The number of rotatable bonds is 6. The standard InChI is InChI=1S/C30H32N4O3/c1-5-34-27-11-10-24(20(4)29(27)31-32-34)26(16-28(35)36)22-9-8-21-12-13-33(17-23(21)15-22)30(37)25-14-18(2)6-7-19(25)3/h6-11,14-15,26H,5,12-13,16-17H2,1-4H3,(H,35,36)/t26-/m0/s1. The van der Waals surface area contributed by atoms with Crippen molar-refractivity contribution in [2.75, 3.05) is 6.54 Å².